The molecule has 1 heterocycles. The zero-order chi connectivity index (χ0) is 25.9. The molecule has 0 fully saturated rings. The van der Waals surface area contributed by atoms with Crippen LogP contribution in [0.5, 0.6) is 0 Å². The molecule has 0 amide bonds. The van der Waals surface area contributed by atoms with Gasteiger partial charge in [0.25, 0.3) is 0 Å². The summed E-state index contributed by atoms with van der Waals surface area (Å²) in [6, 6.07) is 9.16. The Bertz CT molecular complexity index is 935. The second-order valence-electron chi connectivity index (χ2n) is 15.2. The Labute approximate surface area is 217 Å². The van der Waals surface area contributed by atoms with E-state index in [2.05, 4.69) is 134 Å². The van der Waals surface area contributed by atoms with Crippen LogP contribution >= 0.6 is 0 Å². The Hall–Kier alpha value is -0.350. The Morgan fingerprint density at radius 1 is 0.676 bits per heavy atom. The molecule has 0 bridgehead atoms. The van der Waals surface area contributed by atoms with Crippen molar-refractivity contribution in [2.24, 2.45) is 0 Å². The van der Waals surface area contributed by atoms with Gasteiger partial charge in [-0.15, -0.1) is 0 Å². The van der Waals surface area contributed by atoms with Gasteiger partial charge in [0.2, 0.25) is 0 Å². The van der Waals surface area contributed by atoms with Gasteiger partial charge in [-0.25, -0.2) is 0 Å². The molecule has 0 saturated carbocycles. The van der Waals surface area contributed by atoms with Gasteiger partial charge in [-0.3, -0.25) is 0 Å². The van der Waals surface area contributed by atoms with Gasteiger partial charge in [0.05, 0.1) is 0 Å². The van der Waals surface area contributed by atoms with Crippen LogP contribution in [0.15, 0.2) is 54.1 Å². The van der Waals surface area contributed by atoms with Crippen molar-refractivity contribution in [3.8, 4) is 0 Å². The second-order valence-corrected chi connectivity index (χ2v) is 50.1. The maximum absolute atomic E-state index is 7.96. The van der Waals surface area contributed by atoms with Gasteiger partial charge in [-0.2, -0.15) is 0 Å². The van der Waals surface area contributed by atoms with Crippen molar-refractivity contribution in [1.82, 2.24) is 0 Å². The first-order valence-corrected chi connectivity index (χ1v) is 32.0. The van der Waals surface area contributed by atoms with E-state index in [1.165, 1.54) is 22.5 Å². The number of hydrogen-bond acceptors (Lipinski definition) is 1. The SMILES string of the molecule is Cc1ccc(C2=C3C=CC=C[CH]3[Ge]([CH]([Si](C)(C)C)[Si](C)(C)C)([CH]([Si](C)(C)C)[Si](C)(C)C)[O]2)cc1. The molecule has 0 aromatic heterocycles. The normalized spacial score (nSPS) is 20.9. The third-order valence-corrected chi connectivity index (χ3v) is 64.3. The topological polar surface area (TPSA) is 9.23 Å². The third-order valence-electron chi connectivity index (χ3n) is 7.73. The molecule has 188 valence electrons. The fourth-order valence-electron chi connectivity index (χ4n) is 8.33. The van der Waals surface area contributed by atoms with Crippen molar-refractivity contribution in [3.05, 3.63) is 65.3 Å². The third kappa shape index (κ3) is 5.20. The fourth-order valence-corrected chi connectivity index (χ4v) is 87.1. The molecular weight excluding hydrogens is 537 g/mol. The van der Waals surface area contributed by atoms with Crippen molar-refractivity contribution < 1.29 is 3.76 Å². The Morgan fingerprint density at radius 2 is 1.12 bits per heavy atom. The van der Waals surface area contributed by atoms with Crippen LogP contribution in [0.25, 0.3) is 5.76 Å². The maximum atomic E-state index is 7.96. The number of rotatable bonds is 7. The van der Waals surface area contributed by atoms with E-state index >= 15 is 0 Å². The molecule has 0 N–H and O–H groups in total. The summed E-state index contributed by atoms with van der Waals surface area (Å²) < 4.78 is 10.2. The Morgan fingerprint density at radius 3 is 1.53 bits per heavy atom. The van der Waals surface area contributed by atoms with E-state index in [9.17, 15) is 0 Å². The van der Waals surface area contributed by atoms with Crippen molar-refractivity contribution in [2.45, 2.75) is 98.2 Å². The number of allylic oxidation sites excluding steroid dienone is 5. The summed E-state index contributed by atoms with van der Waals surface area (Å²) in [5.74, 6) is 1.24. The number of aryl methyl sites for hydroxylation is 1. The second kappa shape index (κ2) is 9.19. The van der Waals surface area contributed by atoms with Crippen molar-refractivity contribution in [3.63, 3.8) is 0 Å². The number of benzene rings is 1. The predicted octanol–water partition coefficient (Wildman–Crippen LogP) is 9.43. The molecule has 2 aliphatic rings. The zero-order valence-corrected chi connectivity index (χ0v) is 30.4. The standard InChI is InChI=1S/C28H50GeOSi4/c1-22-18-20-23(21-19-22)26-24-16-14-15-17-25(24)29(30-26,27(31(2,3)4)32(5,6)7)28(33(8,9)10)34(11,12)13/h14-21,25,27-28H,1-13H3. The van der Waals surface area contributed by atoms with Gasteiger partial charge in [-0.1, -0.05) is 0 Å². The van der Waals surface area contributed by atoms with Crippen LogP contribution in [0.4, 0.5) is 0 Å². The van der Waals surface area contributed by atoms with Gasteiger partial charge in [0, 0.05) is 0 Å². The van der Waals surface area contributed by atoms with Crippen LogP contribution in [0, 0.1) is 6.92 Å². The van der Waals surface area contributed by atoms with Crippen LogP contribution in [-0.2, 0) is 3.76 Å². The van der Waals surface area contributed by atoms with Crippen molar-refractivity contribution >= 4 is 51.7 Å². The van der Waals surface area contributed by atoms with Crippen LogP contribution in [0.2, 0.25) is 91.3 Å². The van der Waals surface area contributed by atoms with E-state index in [-0.39, 0.29) is 0 Å². The van der Waals surface area contributed by atoms with Crippen LogP contribution in [-0.4, -0.2) is 45.9 Å². The minimum atomic E-state index is -3.08. The summed E-state index contributed by atoms with van der Waals surface area (Å²) in [4.78, 5) is 0. The van der Waals surface area contributed by atoms with Gasteiger partial charge >= 0.3 is 219 Å². The van der Waals surface area contributed by atoms with Crippen LogP contribution < -0.4 is 0 Å². The average molecular weight is 588 g/mol. The zero-order valence-electron chi connectivity index (χ0n) is 24.3. The molecule has 0 radical (unpaired) electrons. The van der Waals surface area contributed by atoms with Crippen LogP contribution in [0.1, 0.15) is 11.1 Å². The van der Waals surface area contributed by atoms with E-state index in [0.29, 0.717) is 4.75 Å². The monoisotopic (exact) mass is 588 g/mol. The van der Waals surface area contributed by atoms with Gasteiger partial charge in [0.15, 0.2) is 0 Å². The quantitative estimate of drug-likeness (QED) is 0.289. The van der Waals surface area contributed by atoms with Gasteiger partial charge < -0.3 is 0 Å². The van der Waals surface area contributed by atoms with E-state index < -0.39 is 45.9 Å². The van der Waals surface area contributed by atoms with E-state index in [1.54, 1.807) is 0 Å². The van der Waals surface area contributed by atoms with Crippen LogP contribution in [0.3, 0.4) is 0 Å². The first-order chi connectivity index (χ1) is 15.3. The van der Waals surface area contributed by atoms with Crippen molar-refractivity contribution in [1.29, 1.82) is 0 Å². The molecule has 3 rings (SSSR count). The molecule has 1 aromatic rings. The Kier molecular flexibility index (Phi) is 7.63. The summed E-state index contributed by atoms with van der Waals surface area (Å²) >= 11 is -3.08. The Balaban J connectivity index is 2.42. The predicted molar refractivity (Wildman–Crippen MR) is 168 cm³/mol. The average Bonchev–Trinajstić information content (AvgIpc) is 2.92. The van der Waals surface area contributed by atoms with E-state index in [4.69, 9.17) is 3.76 Å². The van der Waals surface area contributed by atoms with Gasteiger partial charge in [-0.05, 0) is 0 Å². The molecule has 1 aliphatic carbocycles. The summed E-state index contributed by atoms with van der Waals surface area (Å²) in [5, 5.41) is 0. The van der Waals surface area contributed by atoms with Gasteiger partial charge in [0.1, 0.15) is 0 Å². The molecule has 1 aliphatic heterocycles. The summed E-state index contributed by atoms with van der Waals surface area (Å²) in [6.45, 7) is 34.2. The molecule has 6 heteroatoms. The fraction of sp³-hybridized carbons (Fsp3) is 0.571. The molecule has 1 unspecified atom stereocenters. The molecule has 0 saturated heterocycles. The minimum absolute atomic E-state index is 0.535. The number of fused-ring (bicyclic) bond motifs is 1. The number of hydrogen-bond donors (Lipinski definition) is 0. The molecule has 1 atom stereocenters. The van der Waals surface area contributed by atoms with E-state index in [0.717, 1.165) is 7.99 Å². The molecule has 34 heavy (non-hydrogen) atoms. The summed E-state index contributed by atoms with van der Waals surface area (Å²) in [7, 11) is -6.06. The van der Waals surface area contributed by atoms with E-state index in [1.807, 2.05) is 0 Å². The molecule has 1 nitrogen and oxygen atoms in total. The first-order valence-electron chi connectivity index (χ1n) is 13.2. The summed E-state index contributed by atoms with van der Waals surface area (Å²) in [5.41, 5.74) is 4.13. The molecule has 1 aromatic carbocycles. The summed E-state index contributed by atoms with van der Waals surface area (Å²) in [6.07, 6.45) is 9.64. The van der Waals surface area contributed by atoms with Crippen molar-refractivity contribution in [2.75, 3.05) is 0 Å². The molecule has 0 spiro atoms. The first kappa shape index (κ1) is 28.2. The molecular formula is C28H50GeOSi4.